The molecule has 0 bridgehead atoms. The number of likely N-dealkylation sites (tertiary alicyclic amines) is 1. The molecule has 1 amide bonds. The summed E-state index contributed by atoms with van der Waals surface area (Å²) in [6, 6.07) is 0.0234. The van der Waals surface area contributed by atoms with Crippen molar-refractivity contribution in [2.45, 2.75) is 70.8 Å². The molecule has 20 heavy (non-hydrogen) atoms. The molecule has 1 atom stereocenters. The highest BCUT2D eigenvalue weighted by molar-refractivity contribution is 7.80. The van der Waals surface area contributed by atoms with Crippen LogP contribution < -0.4 is 5.73 Å². The van der Waals surface area contributed by atoms with Crippen molar-refractivity contribution in [3.63, 3.8) is 0 Å². The van der Waals surface area contributed by atoms with E-state index >= 15 is 0 Å². The third-order valence-electron chi connectivity index (χ3n) is 5.03. The molecule has 1 unspecified atom stereocenters. The molecule has 114 valence electrons. The molecule has 1 aliphatic carbocycles. The van der Waals surface area contributed by atoms with Crippen LogP contribution in [0.2, 0.25) is 0 Å². The molecule has 1 saturated heterocycles. The first-order chi connectivity index (χ1) is 9.63. The van der Waals surface area contributed by atoms with Crippen LogP contribution in [0.15, 0.2) is 0 Å². The van der Waals surface area contributed by atoms with Crippen LogP contribution in [0.25, 0.3) is 0 Å². The first-order valence-electron chi connectivity index (χ1n) is 8.23. The Balaban J connectivity index is 1.84. The highest BCUT2D eigenvalue weighted by atomic mass is 32.1. The van der Waals surface area contributed by atoms with Gasteiger partial charge in [0.1, 0.15) is 0 Å². The zero-order valence-electron chi connectivity index (χ0n) is 12.6. The third kappa shape index (κ3) is 3.72. The first kappa shape index (κ1) is 15.7. The number of amides is 1. The Bertz CT molecular complexity index is 350. The van der Waals surface area contributed by atoms with Crippen LogP contribution in [0.5, 0.6) is 0 Å². The molecule has 2 rings (SSSR count). The van der Waals surface area contributed by atoms with Crippen molar-refractivity contribution in [2.24, 2.45) is 17.6 Å². The van der Waals surface area contributed by atoms with E-state index in [1.165, 1.54) is 32.1 Å². The van der Waals surface area contributed by atoms with Crippen molar-refractivity contribution < 1.29 is 4.79 Å². The molecule has 2 fully saturated rings. The van der Waals surface area contributed by atoms with Gasteiger partial charge in [0.15, 0.2) is 0 Å². The van der Waals surface area contributed by atoms with Crippen LogP contribution in [0.4, 0.5) is 0 Å². The minimum atomic E-state index is 0.0234. The van der Waals surface area contributed by atoms with Crippen LogP contribution in [-0.2, 0) is 4.79 Å². The molecule has 0 aromatic rings. The van der Waals surface area contributed by atoms with Gasteiger partial charge in [-0.05, 0) is 44.4 Å². The number of nitrogens with zero attached hydrogens (tertiary/aromatic N) is 1. The average molecular weight is 296 g/mol. The van der Waals surface area contributed by atoms with E-state index in [-0.39, 0.29) is 12.0 Å². The number of carbonyl (C=O) groups is 1. The Morgan fingerprint density at radius 1 is 1.25 bits per heavy atom. The molecule has 0 aromatic carbocycles. The van der Waals surface area contributed by atoms with Crippen molar-refractivity contribution in [3.05, 3.63) is 0 Å². The summed E-state index contributed by atoms with van der Waals surface area (Å²) < 4.78 is 0. The zero-order valence-corrected chi connectivity index (χ0v) is 13.5. The van der Waals surface area contributed by atoms with Gasteiger partial charge in [-0.1, -0.05) is 38.4 Å². The van der Waals surface area contributed by atoms with E-state index in [1.807, 2.05) is 4.90 Å². The Hall–Kier alpha value is -0.640. The number of thiocarbonyl (C=S) groups is 1. The van der Waals surface area contributed by atoms with Gasteiger partial charge in [0.05, 0.1) is 11.0 Å². The SMILES string of the molecule is CCCCC1CCC(C(=O)N2CCCC2C(N)=S)CC1. The molecular formula is C16H28N2OS. The van der Waals surface area contributed by atoms with Gasteiger partial charge < -0.3 is 10.6 Å². The first-order valence-corrected chi connectivity index (χ1v) is 8.64. The van der Waals surface area contributed by atoms with Crippen LogP contribution in [0.1, 0.15) is 64.7 Å². The topological polar surface area (TPSA) is 46.3 Å². The summed E-state index contributed by atoms with van der Waals surface area (Å²) in [7, 11) is 0. The summed E-state index contributed by atoms with van der Waals surface area (Å²) in [5.41, 5.74) is 5.77. The molecule has 0 radical (unpaired) electrons. The van der Waals surface area contributed by atoms with E-state index in [0.717, 1.165) is 38.1 Å². The smallest absolute Gasteiger partial charge is 0.226 e. The fourth-order valence-electron chi connectivity index (χ4n) is 3.75. The number of unbranched alkanes of at least 4 members (excludes halogenated alkanes) is 1. The molecular weight excluding hydrogens is 268 g/mol. The fourth-order valence-corrected chi connectivity index (χ4v) is 4.00. The predicted octanol–water partition coefficient (Wildman–Crippen LogP) is 3.26. The van der Waals surface area contributed by atoms with E-state index in [4.69, 9.17) is 18.0 Å². The predicted molar refractivity (Wildman–Crippen MR) is 86.5 cm³/mol. The molecule has 0 spiro atoms. The number of nitrogens with two attached hydrogens (primary N) is 1. The number of hydrogen-bond donors (Lipinski definition) is 1. The lowest BCUT2D eigenvalue weighted by molar-refractivity contribution is -0.136. The Morgan fingerprint density at radius 2 is 1.95 bits per heavy atom. The van der Waals surface area contributed by atoms with Gasteiger partial charge in [0.25, 0.3) is 0 Å². The van der Waals surface area contributed by atoms with Crippen LogP contribution in [-0.4, -0.2) is 28.4 Å². The second-order valence-corrected chi connectivity index (χ2v) is 6.92. The Kier molecular flexibility index (Phi) is 5.82. The fraction of sp³-hybridized carbons (Fsp3) is 0.875. The van der Waals surface area contributed by atoms with Gasteiger partial charge in [-0.25, -0.2) is 0 Å². The summed E-state index contributed by atoms with van der Waals surface area (Å²) >= 11 is 5.10. The van der Waals surface area contributed by atoms with E-state index in [9.17, 15) is 4.79 Å². The molecule has 2 aliphatic rings. The lowest BCUT2D eigenvalue weighted by Crippen LogP contribution is -2.46. The monoisotopic (exact) mass is 296 g/mol. The van der Waals surface area contributed by atoms with E-state index < -0.39 is 0 Å². The highest BCUT2D eigenvalue weighted by Crippen LogP contribution is 2.34. The summed E-state index contributed by atoms with van der Waals surface area (Å²) in [5.74, 6) is 1.39. The highest BCUT2D eigenvalue weighted by Gasteiger charge is 2.35. The number of rotatable bonds is 5. The van der Waals surface area contributed by atoms with Crippen molar-refractivity contribution in [1.29, 1.82) is 0 Å². The van der Waals surface area contributed by atoms with Crippen molar-refractivity contribution in [2.75, 3.05) is 6.54 Å². The van der Waals surface area contributed by atoms with Gasteiger partial charge in [-0.2, -0.15) is 0 Å². The second-order valence-electron chi connectivity index (χ2n) is 6.45. The minimum absolute atomic E-state index is 0.0234. The van der Waals surface area contributed by atoms with Crippen LogP contribution >= 0.6 is 12.2 Å². The maximum Gasteiger partial charge on any atom is 0.226 e. The number of carbonyl (C=O) groups excluding carboxylic acids is 1. The van der Waals surface area contributed by atoms with Crippen LogP contribution in [0.3, 0.4) is 0 Å². The molecule has 1 aliphatic heterocycles. The van der Waals surface area contributed by atoms with Gasteiger partial charge >= 0.3 is 0 Å². The van der Waals surface area contributed by atoms with Gasteiger partial charge in [-0.15, -0.1) is 0 Å². The van der Waals surface area contributed by atoms with E-state index in [1.54, 1.807) is 0 Å². The summed E-state index contributed by atoms with van der Waals surface area (Å²) in [5, 5.41) is 0. The second kappa shape index (κ2) is 7.39. The van der Waals surface area contributed by atoms with E-state index in [0.29, 0.717) is 10.9 Å². The minimum Gasteiger partial charge on any atom is -0.392 e. The lowest BCUT2D eigenvalue weighted by Gasteiger charge is -2.32. The molecule has 4 heteroatoms. The summed E-state index contributed by atoms with van der Waals surface area (Å²) in [4.78, 5) is 15.1. The van der Waals surface area contributed by atoms with Crippen molar-refractivity contribution in [3.8, 4) is 0 Å². The summed E-state index contributed by atoms with van der Waals surface area (Å²) in [6.07, 6.45) is 10.5. The number of hydrogen-bond acceptors (Lipinski definition) is 2. The average Bonchev–Trinajstić information content (AvgIpc) is 2.94. The Morgan fingerprint density at radius 3 is 2.55 bits per heavy atom. The molecule has 3 nitrogen and oxygen atoms in total. The zero-order chi connectivity index (χ0) is 14.5. The van der Waals surface area contributed by atoms with Gasteiger partial charge in [0.2, 0.25) is 5.91 Å². The quantitative estimate of drug-likeness (QED) is 0.792. The maximum absolute atomic E-state index is 12.6. The van der Waals surface area contributed by atoms with Crippen LogP contribution in [0, 0.1) is 11.8 Å². The summed E-state index contributed by atoms with van der Waals surface area (Å²) in [6.45, 7) is 3.09. The standard InChI is InChI=1S/C16H28N2OS/c1-2-3-5-12-7-9-13(10-8-12)16(19)18-11-4-6-14(18)15(17)20/h12-14H,2-11H2,1H3,(H2,17,20). The van der Waals surface area contributed by atoms with Crippen molar-refractivity contribution >= 4 is 23.1 Å². The van der Waals surface area contributed by atoms with Gasteiger partial charge in [-0.3, -0.25) is 4.79 Å². The third-order valence-corrected chi connectivity index (χ3v) is 5.30. The normalized spacial score (nSPS) is 30.4. The van der Waals surface area contributed by atoms with E-state index in [2.05, 4.69) is 6.92 Å². The molecule has 1 saturated carbocycles. The lowest BCUT2D eigenvalue weighted by atomic mass is 9.79. The maximum atomic E-state index is 12.6. The molecule has 1 heterocycles. The van der Waals surface area contributed by atoms with Gasteiger partial charge in [0, 0.05) is 12.5 Å². The molecule has 2 N–H and O–H groups in total. The Labute approximate surface area is 128 Å². The van der Waals surface area contributed by atoms with Crippen molar-refractivity contribution in [1.82, 2.24) is 4.90 Å². The largest absolute Gasteiger partial charge is 0.392 e. The molecule has 0 aromatic heterocycles.